The highest BCUT2D eigenvalue weighted by molar-refractivity contribution is 5.91. The number of hydrogen-bond acceptors (Lipinski definition) is 5. The van der Waals surface area contributed by atoms with Crippen LogP contribution in [0.15, 0.2) is 16.7 Å². The fourth-order valence-electron chi connectivity index (χ4n) is 3.27. The summed E-state index contributed by atoms with van der Waals surface area (Å²) in [5.41, 5.74) is 0.275. The standard InChI is InChI=1S/C19H33N5O2/c1-3-4-5-6-7-11-14-26-19(25)17-18(21-15-20-17)22-23-24(2)16-12-9-8-10-13-16/h15-16H,3-14H2,1-2H3,(H,20,21). The van der Waals surface area contributed by atoms with Crippen molar-refractivity contribution in [1.82, 2.24) is 15.0 Å². The van der Waals surface area contributed by atoms with Gasteiger partial charge < -0.3 is 9.72 Å². The molecule has 1 N–H and O–H groups in total. The lowest BCUT2D eigenvalue weighted by molar-refractivity contribution is 0.0492. The van der Waals surface area contributed by atoms with Crippen molar-refractivity contribution < 1.29 is 9.53 Å². The van der Waals surface area contributed by atoms with E-state index >= 15 is 0 Å². The molecule has 0 saturated heterocycles. The molecule has 7 nitrogen and oxygen atoms in total. The molecule has 1 fully saturated rings. The van der Waals surface area contributed by atoms with Gasteiger partial charge in [-0.2, -0.15) is 0 Å². The Labute approximate surface area is 156 Å². The summed E-state index contributed by atoms with van der Waals surface area (Å²) in [6, 6.07) is 0.426. The number of nitrogens with zero attached hydrogens (tertiary/aromatic N) is 4. The zero-order valence-electron chi connectivity index (χ0n) is 16.2. The zero-order chi connectivity index (χ0) is 18.6. The summed E-state index contributed by atoms with van der Waals surface area (Å²) < 4.78 is 5.33. The average molecular weight is 364 g/mol. The smallest absolute Gasteiger partial charge is 0.358 e. The molecule has 1 heterocycles. The molecule has 2 rings (SSSR count). The number of H-pyrrole nitrogens is 1. The van der Waals surface area contributed by atoms with E-state index in [9.17, 15) is 4.79 Å². The van der Waals surface area contributed by atoms with E-state index in [1.807, 2.05) is 12.1 Å². The first-order valence-corrected chi connectivity index (χ1v) is 10.1. The molecule has 1 saturated carbocycles. The summed E-state index contributed by atoms with van der Waals surface area (Å²) in [5.74, 6) is -0.120. The zero-order valence-corrected chi connectivity index (χ0v) is 16.2. The topological polar surface area (TPSA) is 82.9 Å². The highest BCUT2D eigenvalue weighted by atomic mass is 16.5. The number of nitrogens with one attached hydrogen (secondary N) is 1. The van der Waals surface area contributed by atoms with Gasteiger partial charge in [0.15, 0.2) is 5.69 Å². The van der Waals surface area contributed by atoms with Crippen LogP contribution < -0.4 is 0 Å². The minimum Gasteiger partial charge on any atom is -0.461 e. The Morgan fingerprint density at radius 3 is 2.73 bits per heavy atom. The number of imidazole rings is 1. The third kappa shape index (κ3) is 6.77. The number of esters is 1. The number of carbonyl (C=O) groups excluding carboxylic acids is 1. The van der Waals surface area contributed by atoms with Gasteiger partial charge in [-0.15, -0.1) is 5.11 Å². The van der Waals surface area contributed by atoms with Crippen molar-refractivity contribution in [2.45, 2.75) is 83.6 Å². The number of rotatable bonds is 11. The first-order valence-electron chi connectivity index (χ1n) is 10.1. The van der Waals surface area contributed by atoms with Crippen molar-refractivity contribution in [1.29, 1.82) is 0 Å². The van der Waals surface area contributed by atoms with E-state index in [-0.39, 0.29) is 5.69 Å². The van der Waals surface area contributed by atoms with E-state index in [1.165, 1.54) is 51.3 Å². The maximum Gasteiger partial charge on any atom is 0.358 e. The van der Waals surface area contributed by atoms with Crippen molar-refractivity contribution >= 4 is 11.8 Å². The minimum absolute atomic E-state index is 0.275. The first kappa shape index (κ1) is 20.4. The van der Waals surface area contributed by atoms with Crippen LogP contribution in [0.4, 0.5) is 5.82 Å². The molecule has 146 valence electrons. The van der Waals surface area contributed by atoms with Gasteiger partial charge in [-0.1, -0.05) is 63.5 Å². The third-order valence-electron chi connectivity index (χ3n) is 4.94. The second-order valence-corrected chi connectivity index (χ2v) is 7.06. The van der Waals surface area contributed by atoms with E-state index in [1.54, 1.807) is 0 Å². The lowest BCUT2D eigenvalue weighted by Gasteiger charge is -2.27. The molecule has 0 radical (unpaired) electrons. The fourth-order valence-corrected chi connectivity index (χ4v) is 3.27. The van der Waals surface area contributed by atoms with Crippen LogP contribution in [-0.2, 0) is 4.74 Å². The van der Waals surface area contributed by atoms with Crippen LogP contribution in [0.25, 0.3) is 0 Å². The quantitative estimate of drug-likeness (QED) is 0.254. The minimum atomic E-state index is -0.412. The van der Waals surface area contributed by atoms with Crippen molar-refractivity contribution in [3.8, 4) is 0 Å². The van der Waals surface area contributed by atoms with Crippen molar-refractivity contribution in [3.63, 3.8) is 0 Å². The van der Waals surface area contributed by atoms with Crippen LogP contribution in [0.3, 0.4) is 0 Å². The summed E-state index contributed by atoms with van der Waals surface area (Å²) in [6.07, 6.45) is 14.5. The molecule has 1 aromatic heterocycles. The normalized spacial score (nSPS) is 15.5. The molecule has 0 amide bonds. The molecule has 7 heteroatoms. The second kappa shape index (κ2) is 11.6. The molecule has 0 unspecified atom stereocenters. The highest BCUT2D eigenvalue weighted by Gasteiger charge is 2.19. The van der Waals surface area contributed by atoms with Gasteiger partial charge in [0, 0.05) is 13.1 Å². The van der Waals surface area contributed by atoms with Crippen LogP contribution in [0.5, 0.6) is 0 Å². The van der Waals surface area contributed by atoms with Crippen LogP contribution in [0, 0.1) is 0 Å². The van der Waals surface area contributed by atoms with E-state index in [2.05, 4.69) is 27.2 Å². The lowest BCUT2D eigenvalue weighted by atomic mass is 9.95. The number of aromatic amines is 1. The number of hydrogen-bond donors (Lipinski definition) is 1. The SMILES string of the molecule is CCCCCCCCOC(=O)c1[nH]cnc1N=NN(C)C1CCCCC1. The van der Waals surface area contributed by atoms with Gasteiger partial charge in [-0.25, -0.2) is 9.78 Å². The summed E-state index contributed by atoms with van der Waals surface area (Å²) >= 11 is 0. The molecule has 0 aromatic carbocycles. The Balaban J connectivity index is 1.75. The maximum atomic E-state index is 12.2. The van der Waals surface area contributed by atoms with Gasteiger partial charge in [0.25, 0.3) is 0 Å². The molecule has 1 aliphatic rings. The maximum absolute atomic E-state index is 12.2. The van der Waals surface area contributed by atoms with Crippen LogP contribution in [0.1, 0.15) is 88.0 Å². The molecule has 1 aromatic rings. The van der Waals surface area contributed by atoms with Gasteiger partial charge in [0.2, 0.25) is 5.82 Å². The van der Waals surface area contributed by atoms with E-state index in [0.29, 0.717) is 18.5 Å². The summed E-state index contributed by atoms with van der Waals surface area (Å²) in [6.45, 7) is 2.64. The molecule has 0 atom stereocenters. The first-order chi connectivity index (χ1) is 12.7. The predicted octanol–water partition coefficient (Wildman–Crippen LogP) is 5.19. The van der Waals surface area contributed by atoms with Gasteiger partial charge in [0.1, 0.15) is 0 Å². The van der Waals surface area contributed by atoms with E-state index < -0.39 is 5.97 Å². The summed E-state index contributed by atoms with van der Waals surface area (Å²) in [5, 5.41) is 10.3. The molecule has 26 heavy (non-hydrogen) atoms. The van der Waals surface area contributed by atoms with Crippen LogP contribution in [0.2, 0.25) is 0 Å². The van der Waals surface area contributed by atoms with Gasteiger partial charge in [0.05, 0.1) is 12.9 Å². The van der Waals surface area contributed by atoms with E-state index in [0.717, 1.165) is 25.7 Å². The largest absolute Gasteiger partial charge is 0.461 e. The molecular weight excluding hydrogens is 330 g/mol. The average Bonchev–Trinajstić information content (AvgIpc) is 3.14. The Morgan fingerprint density at radius 1 is 1.23 bits per heavy atom. The van der Waals surface area contributed by atoms with Crippen molar-refractivity contribution in [3.05, 3.63) is 12.0 Å². The monoisotopic (exact) mass is 363 g/mol. The molecule has 0 aliphatic heterocycles. The second-order valence-electron chi connectivity index (χ2n) is 7.06. The molecule has 0 bridgehead atoms. The molecular formula is C19H33N5O2. The summed E-state index contributed by atoms with van der Waals surface area (Å²) in [4.78, 5) is 19.1. The van der Waals surface area contributed by atoms with Gasteiger partial charge >= 0.3 is 5.97 Å². The Bertz CT molecular complexity index is 552. The number of aromatic nitrogens is 2. The third-order valence-corrected chi connectivity index (χ3v) is 4.94. The fraction of sp³-hybridized carbons (Fsp3) is 0.789. The van der Waals surface area contributed by atoms with Crippen LogP contribution in [-0.4, -0.2) is 40.6 Å². The Hall–Kier alpha value is -1.92. The lowest BCUT2D eigenvalue weighted by Crippen LogP contribution is -2.28. The highest BCUT2D eigenvalue weighted by Crippen LogP contribution is 2.23. The Morgan fingerprint density at radius 2 is 1.96 bits per heavy atom. The Kier molecular flexibility index (Phi) is 9.14. The predicted molar refractivity (Wildman–Crippen MR) is 101 cm³/mol. The molecule has 0 spiro atoms. The van der Waals surface area contributed by atoms with Crippen molar-refractivity contribution in [2.24, 2.45) is 10.3 Å². The number of carbonyl (C=O) groups is 1. The van der Waals surface area contributed by atoms with Crippen LogP contribution >= 0.6 is 0 Å². The van der Waals surface area contributed by atoms with Gasteiger partial charge in [-0.05, 0) is 19.3 Å². The van der Waals surface area contributed by atoms with Crippen molar-refractivity contribution in [2.75, 3.05) is 13.7 Å². The van der Waals surface area contributed by atoms with Gasteiger partial charge in [-0.3, -0.25) is 5.01 Å². The summed E-state index contributed by atoms with van der Waals surface area (Å²) in [7, 11) is 1.93. The number of ether oxygens (including phenoxy) is 1. The van der Waals surface area contributed by atoms with E-state index in [4.69, 9.17) is 4.74 Å². The number of unbranched alkanes of at least 4 members (excludes halogenated alkanes) is 5. The molecule has 1 aliphatic carbocycles.